The van der Waals surface area contributed by atoms with Crippen LogP contribution in [0.5, 0.6) is 5.75 Å². The van der Waals surface area contributed by atoms with Crippen LogP contribution in [0.2, 0.25) is 0 Å². The molecular weight excluding hydrogens is 404 g/mol. The molecule has 172 valence electrons. The van der Waals surface area contributed by atoms with Crippen LogP contribution in [-0.4, -0.2) is 29.8 Å². The maximum atomic E-state index is 12.3. The predicted molar refractivity (Wildman–Crippen MR) is 130 cm³/mol. The van der Waals surface area contributed by atoms with Gasteiger partial charge < -0.3 is 15.5 Å². The number of nitrogens with zero attached hydrogens (tertiary/aromatic N) is 2. The fourth-order valence-corrected chi connectivity index (χ4v) is 3.17. The van der Waals surface area contributed by atoms with E-state index < -0.39 is 6.03 Å². The van der Waals surface area contributed by atoms with E-state index in [2.05, 4.69) is 5.32 Å². The molecule has 0 saturated carbocycles. The smallest absolute Gasteiger partial charge is 0.352 e. The van der Waals surface area contributed by atoms with Crippen LogP contribution in [0.4, 0.5) is 10.5 Å². The number of carbonyl (C=O) groups is 1. The molecule has 0 spiro atoms. The molecule has 32 heavy (non-hydrogen) atoms. The van der Waals surface area contributed by atoms with Crippen molar-refractivity contribution in [3.8, 4) is 5.75 Å². The van der Waals surface area contributed by atoms with E-state index in [-0.39, 0.29) is 6.61 Å². The van der Waals surface area contributed by atoms with Crippen LogP contribution in [-0.2, 0) is 13.0 Å². The number of hydrogen-bond donors (Lipinski definition) is 4. The highest BCUT2D eigenvalue weighted by atomic mass is 16.5. The first-order valence-electron chi connectivity index (χ1n) is 10.6. The molecule has 0 aliphatic heterocycles. The number of rotatable bonds is 9. The third-order valence-electron chi connectivity index (χ3n) is 4.93. The van der Waals surface area contributed by atoms with Crippen LogP contribution in [0.1, 0.15) is 43.0 Å². The molecule has 2 aromatic rings. The molecule has 0 aliphatic rings. The number of hydrazine groups is 2. The lowest BCUT2D eigenvalue weighted by Crippen LogP contribution is -2.49. The average molecular weight is 439 g/mol. The second-order valence-corrected chi connectivity index (χ2v) is 7.87. The van der Waals surface area contributed by atoms with Crippen molar-refractivity contribution in [1.82, 2.24) is 10.3 Å². The molecule has 0 unspecified atom stereocenters. The zero-order valence-electron chi connectivity index (χ0n) is 19.5. The molecule has 0 radical (unpaired) electrons. The number of aryl methyl sites for hydroxylation is 2. The summed E-state index contributed by atoms with van der Waals surface area (Å²) in [5.41, 5.74) is 4.53. The Morgan fingerprint density at radius 3 is 2.56 bits per heavy atom. The number of amides is 2. The monoisotopic (exact) mass is 438 g/mol. The van der Waals surface area contributed by atoms with Crippen molar-refractivity contribution in [2.24, 2.45) is 11.7 Å². The minimum atomic E-state index is -0.529. The lowest BCUT2D eigenvalue weighted by atomic mass is 10.0. The number of allylic oxidation sites excluding steroid dienone is 1. The van der Waals surface area contributed by atoms with E-state index in [1.165, 1.54) is 7.05 Å². The Bertz CT molecular complexity index is 984. The average Bonchev–Trinajstić information content (AvgIpc) is 2.76. The molecule has 2 amide bonds. The third kappa shape index (κ3) is 6.32. The van der Waals surface area contributed by atoms with Crippen molar-refractivity contribution in [2.45, 2.75) is 46.8 Å². The van der Waals surface area contributed by atoms with Gasteiger partial charge in [-0.25, -0.2) is 21.5 Å². The molecule has 0 fully saturated rings. The van der Waals surface area contributed by atoms with Crippen LogP contribution in [0.25, 0.3) is 0 Å². The second kappa shape index (κ2) is 11.3. The van der Waals surface area contributed by atoms with E-state index in [0.717, 1.165) is 38.7 Å². The predicted octanol–water partition coefficient (Wildman–Crippen LogP) is 3.62. The summed E-state index contributed by atoms with van der Waals surface area (Å²) in [4.78, 5) is 12.3. The first-order chi connectivity index (χ1) is 15.1. The van der Waals surface area contributed by atoms with Crippen LogP contribution >= 0.6 is 0 Å². The molecule has 0 atom stereocenters. The maximum Gasteiger partial charge on any atom is 0.352 e. The molecule has 0 saturated heterocycles. The Labute approximate surface area is 190 Å². The number of ether oxygens (including phenoxy) is 1. The van der Waals surface area contributed by atoms with Gasteiger partial charge in [-0.1, -0.05) is 19.1 Å². The third-order valence-corrected chi connectivity index (χ3v) is 4.93. The van der Waals surface area contributed by atoms with Gasteiger partial charge in [-0.3, -0.25) is 5.01 Å². The van der Waals surface area contributed by atoms with Crippen molar-refractivity contribution in [1.29, 1.82) is 5.41 Å². The van der Waals surface area contributed by atoms with E-state index in [1.54, 1.807) is 18.3 Å². The number of nitrogens with one attached hydrogen (secondary N) is 2. The molecule has 6 N–H and O–H groups in total. The molecule has 8 heteroatoms. The summed E-state index contributed by atoms with van der Waals surface area (Å²) < 4.78 is 6.10. The van der Waals surface area contributed by atoms with Crippen molar-refractivity contribution in [3.05, 3.63) is 70.9 Å². The largest absolute Gasteiger partial charge is 0.489 e. The fourth-order valence-electron chi connectivity index (χ4n) is 3.17. The SMILES string of the molecule is CCc1cccc(N(N)C(=O)N(C)N)c1COc1ccc(C(=N)/C=C\NC(C)C)cc1C. The summed E-state index contributed by atoms with van der Waals surface area (Å²) >= 11 is 0. The summed E-state index contributed by atoms with van der Waals surface area (Å²) in [6, 6.07) is 11.0. The first kappa shape index (κ1) is 24.9. The summed E-state index contributed by atoms with van der Waals surface area (Å²) in [7, 11) is 1.44. The van der Waals surface area contributed by atoms with E-state index in [4.69, 9.17) is 21.8 Å². The lowest BCUT2D eigenvalue weighted by Gasteiger charge is -2.24. The molecule has 0 aromatic heterocycles. The highest BCUT2D eigenvalue weighted by Gasteiger charge is 2.19. The lowest BCUT2D eigenvalue weighted by molar-refractivity contribution is 0.216. The highest BCUT2D eigenvalue weighted by molar-refractivity contribution is 6.06. The zero-order valence-corrected chi connectivity index (χ0v) is 19.5. The quantitative estimate of drug-likeness (QED) is 0.206. The van der Waals surface area contributed by atoms with Crippen molar-refractivity contribution in [3.63, 3.8) is 0 Å². The minimum Gasteiger partial charge on any atom is -0.489 e. The van der Waals surface area contributed by atoms with E-state index in [1.807, 2.05) is 58.0 Å². The van der Waals surface area contributed by atoms with Gasteiger partial charge in [0.1, 0.15) is 12.4 Å². The number of carbonyl (C=O) groups excluding carboxylic acids is 1. The maximum absolute atomic E-state index is 12.3. The Hall–Kier alpha value is -3.36. The van der Waals surface area contributed by atoms with Crippen molar-refractivity contribution < 1.29 is 9.53 Å². The molecular formula is C24H34N6O2. The second-order valence-electron chi connectivity index (χ2n) is 7.87. The van der Waals surface area contributed by atoms with Gasteiger partial charge in [0.25, 0.3) is 0 Å². The summed E-state index contributed by atoms with van der Waals surface area (Å²) in [5.74, 6) is 12.3. The van der Waals surface area contributed by atoms with Gasteiger partial charge in [-0.05, 0) is 80.4 Å². The zero-order chi connectivity index (χ0) is 23.8. The van der Waals surface area contributed by atoms with Gasteiger partial charge >= 0.3 is 6.03 Å². The summed E-state index contributed by atoms with van der Waals surface area (Å²) in [6.45, 7) is 8.30. The normalized spacial score (nSPS) is 11.0. The molecule has 8 nitrogen and oxygen atoms in total. The summed E-state index contributed by atoms with van der Waals surface area (Å²) in [6.07, 6.45) is 4.29. The Morgan fingerprint density at radius 2 is 1.97 bits per heavy atom. The number of anilines is 1. The molecule has 2 rings (SSSR count). The molecule has 0 heterocycles. The van der Waals surface area contributed by atoms with Crippen molar-refractivity contribution in [2.75, 3.05) is 12.1 Å². The number of benzene rings is 2. The van der Waals surface area contributed by atoms with E-state index >= 15 is 0 Å². The van der Waals surface area contributed by atoms with Gasteiger partial charge in [-0.2, -0.15) is 0 Å². The van der Waals surface area contributed by atoms with Crippen LogP contribution < -0.4 is 26.7 Å². The first-order valence-corrected chi connectivity index (χ1v) is 10.6. The van der Waals surface area contributed by atoms with Crippen LogP contribution in [0.15, 0.2) is 48.7 Å². The summed E-state index contributed by atoms with van der Waals surface area (Å²) in [5, 5.41) is 13.4. The molecule has 0 bridgehead atoms. The van der Waals surface area contributed by atoms with Gasteiger partial charge in [-0.15, -0.1) is 0 Å². The number of nitrogens with two attached hydrogens (primary N) is 2. The van der Waals surface area contributed by atoms with Gasteiger partial charge in [0.05, 0.1) is 11.4 Å². The molecule has 0 aliphatic carbocycles. The van der Waals surface area contributed by atoms with E-state index in [9.17, 15) is 4.79 Å². The van der Waals surface area contributed by atoms with E-state index in [0.29, 0.717) is 23.2 Å². The van der Waals surface area contributed by atoms with Gasteiger partial charge in [0, 0.05) is 18.7 Å². The standard InChI is InChI=1S/C24H34N6O2/c1-6-18-8-7-9-22(30(27)24(31)29(5)26)20(18)15-32-23-11-10-19(14-17(23)4)21(25)12-13-28-16(2)3/h7-14,16,25,28H,6,15,26-27H2,1-5H3/b13-12-,25-21?. The minimum absolute atomic E-state index is 0.241. The van der Waals surface area contributed by atoms with Crippen LogP contribution in [0, 0.1) is 12.3 Å². The number of urea groups is 1. The van der Waals surface area contributed by atoms with Gasteiger partial charge in [0.2, 0.25) is 0 Å². The van der Waals surface area contributed by atoms with Crippen LogP contribution in [0.3, 0.4) is 0 Å². The topological polar surface area (TPSA) is 121 Å². The Morgan fingerprint density at radius 1 is 1.25 bits per heavy atom. The Balaban J connectivity index is 2.22. The number of hydrogen-bond acceptors (Lipinski definition) is 6. The fraction of sp³-hybridized carbons (Fsp3) is 0.333. The highest BCUT2D eigenvalue weighted by Crippen LogP contribution is 2.27. The molecule has 2 aromatic carbocycles. The van der Waals surface area contributed by atoms with Crippen molar-refractivity contribution >= 4 is 17.4 Å². The Kier molecular flexibility index (Phi) is 8.80. The van der Waals surface area contributed by atoms with Gasteiger partial charge in [0.15, 0.2) is 0 Å².